The molecule has 0 heterocycles. The second-order valence-corrected chi connectivity index (χ2v) is 13.1. The molecule has 46 heavy (non-hydrogen) atoms. The van der Waals surface area contributed by atoms with Gasteiger partial charge in [0.25, 0.3) is 0 Å². The molecule has 8 nitrogen and oxygen atoms in total. The quantitative estimate of drug-likeness (QED) is 0.0967. The summed E-state index contributed by atoms with van der Waals surface area (Å²) in [6, 6.07) is 6.58. The zero-order valence-corrected chi connectivity index (χ0v) is 31.5. The van der Waals surface area contributed by atoms with E-state index in [-0.39, 0.29) is 36.6 Å². The van der Waals surface area contributed by atoms with Gasteiger partial charge in [-0.15, -0.1) is 24.8 Å². The van der Waals surface area contributed by atoms with Crippen molar-refractivity contribution < 1.29 is 19.1 Å². The maximum absolute atomic E-state index is 13.1. The predicted molar refractivity (Wildman–Crippen MR) is 197 cm³/mol. The van der Waals surface area contributed by atoms with E-state index in [0.29, 0.717) is 64.1 Å². The third-order valence-corrected chi connectivity index (χ3v) is 7.86. The van der Waals surface area contributed by atoms with Crippen LogP contribution in [0.15, 0.2) is 24.3 Å². The fourth-order valence-corrected chi connectivity index (χ4v) is 5.34. The molecule has 0 bridgehead atoms. The Kier molecular flexibility index (Phi) is 28.5. The van der Waals surface area contributed by atoms with E-state index in [1.54, 1.807) is 0 Å². The minimum absolute atomic E-state index is 0. The van der Waals surface area contributed by atoms with Gasteiger partial charge in [-0.25, -0.2) is 0 Å². The second kappa shape index (κ2) is 28.3. The van der Waals surface area contributed by atoms with Gasteiger partial charge in [-0.2, -0.15) is 0 Å². The molecule has 0 saturated heterocycles. The Labute approximate surface area is 293 Å². The summed E-state index contributed by atoms with van der Waals surface area (Å²) in [6.07, 6.45) is 12.8. The molecule has 4 N–H and O–H groups in total. The average Bonchev–Trinajstić information content (AvgIpc) is 2.98. The van der Waals surface area contributed by atoms with Crippen molar-refractivity contribution in [2.24, 2.45) is 23.3 Å². The lowest BCUT2D eigenvalue weighted by Crippen LogP contribution is -2.46. The number of benzene rings is 1. The van der Waals surface area contributed by atoms with E-state index in [0.717, 1.165) is 37.2 Å². The molecule has 10 heteroatoms. The number of carbonyl (C=O) groups excluding carboxylic acids is 2. The van der Waals surface area contributed by atoms with Crippen molar-refractivity contribution in [3.8, 4) is 11.5 Å². The van der Waals surface area contributed by atoms with Gasteiger partial charge in [-0.05, 0) is 61.8 Å². The van der Waals surface area contributed by atoms with Crippen LogP contribution in [0.4, 0.5) is 0 Å². The molecule has 0 aliphatic rings. The predicted octanol–water partition coefficient (Wildman–Crippen LogP) is 7.63. The van der Waals surface area contributed by atoms with Gasteiger partial charge < -0.3 is 30.7 Å². The lowest BCUT2D eigenvalue weighted by atomic mass is 10.0. The maximum Gasteiger partial charge on any atom is 0.239 e. The Balaban J connectivity index is 0. The third kappa shape index (κ3) is 21.2. The molecule has 0 fully saturated rings. The second-order valence-electron chi connectivity index (χ2n) is 13.1. The number of unbranched alkanes of at least 4 members (excludes halogenated alkanes) is 8. The molecule has 0 aromatic heterocycles. The molecule has 1 aromatic carbocycles. The topological polar surface area (TPSA) is 111 Å². The zero-order chi connectivity index (χ0) is 32.7. The summed E-state index contributed by atoms with van der Waals surface area (Å²) >= 11 is 0. The number of rotatable bonds is 26. The number of hydrogen-bond donors (Lipinski definition) is 2. The molecule has 0 aliphatic heterocycles. The highest BCUT2D eigenvalue weighted by atomic mass is 35.5. The molecule has 1 aromatic rings. The smallest absolute Gasteiger partial charge is 0.239 e. The first kappa shape index (κ1) is 46.4. The zero-order valence-electron chi connectivity index (χ0n) is 29.8. The molecule has 2 atom stereocenters. The van der Waals surface area contributed by atoms with Crippen molar-refractivity contribution in [2.75, 3.05) is 39.4 Å². The number of nitrogens with two attached hydrogens (primary N) is 2. The van der Waals surface area contributed by atoms with Crippen LogP contribution in [0, 0.1) is 11.8 Å². The summed E-state index contributed by atoms with van der Waals surface area (Å²) in [6.45, 7) is 16.0. The Hall–Kier alpha value is -1.74. The maximum atomic E-state index is 13.1. The minimum atomic E-state index is -0.472. The molecule has 0 unspecified atom stereocenters. The summed E-state index contributed by atoms with van der Waals surface area (Å²) in [5.74, 6) is 2.23. The van der Waals surface area contributed by atoms with Crippen LogP contribution in [0.25, 0.3) is 0 Å². The number of ether oxygens (including phenoxy) is 2. The normalized spacial score (nSPS) is 12.2. The largest absolute Gasteiger partial charge is 0.492 e. The van der Waals surface area contributed by atoms with Gasteiger partial charge in [0.05, 0.1) is 25.2 Å². The van der Waals surface area contributed by atoms with E-state index in [4.69, 9.17) is 20.9 Å². The lowest BCUT2D eigenvalue weighted by molar-refractivity contribution is -0.134. The summed E-state index contributed by atoms with van der Waals surface area (Å²) < 4.78 is 12.0. The Morgan fingerprint density at radius 1 is 0.587 bits per heavy atom. The van der Waals surface area contributed by atoms with Crippen LogP contribution in [0.1, 0.15) is 119 Å². The van der Waals surface area contributed by atoms with E-state index in [1.165, 1.54) is 38.5 Å². The highest BCUT2D eigenvalue weighted by molar-refractivity contribution is 5.85. The van der Waals surface area contributed by atoms with Crippen molar-refractivity contribution >= 4 is 36.6 Å². The molecule has 1 rings (SSSR count). The highest BCUT2D eigenvalue weighted by Gasteiger charge is 2.23. The number of halogens is 2. The first-order valence-corrected chi connectivity index (χ1v) is 17.5. The van der Waals surface area contributed by atoms with Gasteiger partial charge in [-0.3, -0.25) is 9.59 Å². The summed E-state index contributed by atoms with van der Waals surface area (Å²) in [5, 5.41) is 0. The fourth-order valence-electron chi connectivity index (χ4n) is 5.34. The monoisotopic (exact) mass is 690 g/mol. The molecular weight excluding hydrogens is 623 g/mol. The third-order valence-electron chi connectivity index (χ3n) is 7.86. The van der Waals surface area contributed by atoms with Gasteiger partial charge in [0.1, 0.15) is 24.7 Å². The number of nitrogens with zero attached hydrogens (tertiary/aromatic N) is 2. The number of amides is 2. The van der Waals surface area contributed by atoms with Crippen LogP contribution in [-0.2, 0) is 9.59 Å². The summed E-state index contributed by atoms with van der Waals surface area (Å²) in [7, 11) is 0. The van der Waals surface area contributed by atoms with Crippen molar-refractivity contribution in [3.63, 3.8) is 0 Å². The molecule has 270 valence electrons. The number of hydrogen-bond acceptors (Lipinski definition) is 6. The van der Waals surface area contributed by atoms with Crippen LogP contribution in [0.3, 0.4) is 0 Å². The van der Waals surface area contributed by atoms with Crippen molar-refractivity contribution in [3.05, 3.63) is 24.3 Å². The minimum Gasteiger partial charge on any atom is -0.492 e. The van der Waals surface area contributed by atoms with Gasteiger partial charge in [0.2, 0.25) is 11.8 Å². The standard InChI is InChI=1S/C36H66N4O4.2ClH/c1-7-9-11-13-15-21-39(35(41)33(37)27-29(3)4)23-25-43-31-17-19-32(20-18-31)44-26-24-40(22-16-14-12-10-8-2)36(42)34(38)28-30(5)6;;/h17-20,29-30,33-34H,7-16,21-28,37-38H2,1-6H3;2*1H/t33-,34-;;/m0../s1. The van der Waals surface area contributed by atoms with Crippen molar-refractivity contribution in [1.82, 2.24) is 9.80 Å². The van der Waals surface area contributed by atoms with E-state index in [9.17, 15) is 9.59 Å². The van der Waals surface area contributed by atoms with Crippen molar-refractivity contribution in [2.45, 2.75) is 131 Å². The van der Waals surface area contributed by atoms with Crippen molar-refractivity contribution in [1.29, 1.82) is 0 Å². The highest BCUT2D eigenvalue weighted by Crippen LogP contribution is 2.18. The SMILES string of the molecule is CCCCCCCN(CCOc1ccc(OCCN(CCCCCCC)C(=O)[C@@H](N)CC(C)C)cc1)C(=O)[C@@H](N)CC(C)C.Cl.Cl. The molecule has 2 amide bonds. The Morgan fingerprint density at radius 2 is 0.913 bits per heavy atom. The first-order valence-electron chi connectivity index (χ1n) is 17.5. The lowest BCUT2D eigenvalue weighted by Gasteiger charge is -2.27. The van der Waals surface area contributed by atoms with E-state index >= 15 is 0 Å². The molecular formula is C36H68Cl2N4O4. The van der Waals surface area contributed by atoms with Crippen LogP contribution >= 0.6 is 24.8 Å². The first-order chi connectivity index (χ1) is 21.1. The van der Waals surface area contributed by atoms with Gasteiger partial charge in [-0.1, -0.05) is 92.9 Å². The van der Waals surface area contributed by atoms with Crippen LogP contribution in [-0.4, -0.2) is 73.1 Å². The van der Waals surface area contributed by atoms with E-state index in [1.807, 2.05) is 34.1 Å². The molecule has 0 radical (unpaired) electrons. The van der Waals surface area contributed by atoms with Crippen LogP contribution in [0.5, 0.6) is 11.5 Å². The Bertz CT molecular complexity index is 818. The Morgan fingerprint density at radius 3 is 1.22 bits per heavy atom. The number of carbonyl (C=O) groups is 2. The van der Waals surface area contributed by atoms with Gasteiger partial charge in [0.15, 0.2) is 0 Å². The fraction of sp³-hybridized carbons (Fsp3) is 0.778. The summed E-state index contributed by atoms with van der Waals surface area (Å²) in [4.78, 5) is 29.9. The molecule has 0 spiro atoms. The van der Waals surface area contributed by atoms with E-state index < -0.39 is 12.1 Å². The van der Waals surface area contributed by atoms with Gasteiger partial charge in [0, 0.05) is 13.1 Å². The van der Waals surface area contributed by atoms with Gasteiger partial charge >= 0.3 is 0 Å². The summed E-state index contributed by atoms with van der Waals surface area (Å²) in [5.41, 5.74) is 12.5. The molecule has 0 aliphatic carbocycles. The van der Waals surface area contributed by atoms with Crippen LogP contribution in [0.2, 0.25) is 0 Å². The average molecular weight is 692 g/mol. The van der Waals surface area contributed by atoms with E-state index in [2.05, 4.69) is 41.5 Å². The molecule has 0 saturated carbocycles. The van der Waals surface area contributed by atoms with Crippen LogP contribution < -0.4 is 20.9 Å².